The van der Waals surface area contributed by atoms with Crippen LogP contribution in [-0.4, -0.2) is 43.1 Å². The number of benzene rings is 3. The molecule has 0 saturated carbocycles. The predicted molar refractivity (Wildman–Crippen MR) is 145 cm³/mol. The van der Waals surface area contributed by atoms with Gasteiger partial charge in [0.15, 0.2) is 0 Å². The summed E-state index contributed by atoms with van der Waals surface area (Å²) in [5, 5.41) is 0. The van der Waals surface area contributed by atoms with Gasteiger partial charge >= 0.3 is 5.97 Å². The Balaban J connectivity index is 1.62. The Bertz CT molecular complexity index is 1100. The molecule has 1 fully saturated rings. The summed E-state index contributed by atoms with van der Waals surface area (Å²) in [5.41, 5.74) is 3.12. The number of rotatable bonds is 13. The molecule has 6 heteroatoms. The molecular formula is C32H36O6. The molecule has 6 nitrogen and oxygen atoms in total. The molecule has 0 bridgehead atoms. The SMILES string of the molecule is C=CC[C@@H]1O[C@H](COC(C)=O)[C@@H](OCc2ccccc2)[C@H](OCc2ccccc2)[C@H]1OCc1ccccc1. The van der Waals surface area contributed by atoms with E-state index in [9.17, 15) is 4.79 Å². The molecule has 0 aliphatic carbocycles. The first-order chi connectivity index (χ1) is 18.6. The topological polar surface area (TPSA) is 63.2 Å². The van der Waals surface area contributed by atoms with Crippen molar-refractivity contribution in [2.75, 3.05) is 6.61 Å². The van der Waals surface area contributed by atoms with Crippen LogP contribution in [0.15, 0.2) is 104 Å². The molecule has 0 unspecified atom stereocenters. The third-order valence-electron chi connectivity index (χ3n) is 6.44. The first kappa shape index (κ1) is 27.7. The van der Waals surface area contributed by atoms with Crippen LogP contribution >= 0.6 is 0 Å². The Morgan fingerprint density at radius 1 is 0.711 bits per heavy atom. The van der Waals surface area contributed by atoms with Crippen molar-refractivity contribution < 1.29 is 28.5 Å². The number of esters is 1. The van der Waals surface area contributed by atoms with E-state index in [1.807, 2.05) is 97.1 Å². The van der Waals surface area contributed by atoms with Crippen LogP contribution in [0.1, 0.15) is 30.0 Å². The molecule has 38 heavy (non-hydrogen) atoms. The standard InChI is InChI=1S/C32H36O6/c1-3-13-28-30(35-20-25-14-7-4-8-15-25)32(37-22-27-18-11-6-12-19-27)31(29(38-28)23-34-24(2)33)36-21-26-16-9-5-10-17-26/h3-12,14-19,28-32H,1,13,20-23H2,2H3/t28-,29+,30-,31+,32+/m0/s1. The predicted octanol–water partition coefficient (Wildman–Crippen LogP) is 5.65. The van der Waals surface area contributed by atoms with Gasteiger partial charge in [0, 0.05) is 6.92 Å². The van der Waals surface area contributed by atoms with E-state index in [1.54, 1.807) is 0 Å². The zero-order chi connectivity index (χ0) is 26.6. The first-order valence-electron chi connectivity index (χ1n) is 13.0. The summed E-state index contributed by atoms with van der Waals surface area (Å²) in [4.78, 5) is 11.7. The van der Waals surface area contributed by atoms with Crippen molar-refractivity contribution in [1.82, 2.24) is 0 Å². The van der Waals surface area contributed by atoms with Crippen molar-refractivity contribution in [3.8, 4) is 0 Å². The van der Waals surface area contributed by atoms with Gasteiger partial charge < -0.3 is 23.7 Å². The molecule has 0 radical (unpaired) electrons. The lowest BCUT2D eigenvalue weighted by molar-refractivity contribution is -0.270. The highest BCUT2D eigenvalue weighted by molar-refractivity contribution is 5.65. The smallest absolute Gasteiger partial charge is 0.302 e. The number of ether oxygens (including phenoxy) is 5. The van der Waals surface area contributed by atoms with E-state index in [0.717, 1.165) is 16.7 Å². The van der Waals surface area contributed by atoms with Gasteiger partial charge in [-0.05, 0) is 23.1 Å². The van der Waals surface area contributed by atoms with Crippen LogP contribution in [0.2, 0.25) is 0 Å². The molecule has 1 heterocycles. The molecule has 0 N–H and O–H groups in total. The summed E-state index contributed by atoms with van der Waals surface area (Å²) in [6.45, 7) is 6.50. The van der Waals surface area contributed by atoms with Crippen LogP contribution in [0.4, 0.5) is 0 Å². The first-order valence-corrected chi connectivity index (χ1v) is 13.0. The lowest BCUT2D eigenvalue weighted by atomic mass is 9.92. The van der Waals surface area contributed by atoms with Gasteiger partial charge in [-0.15, -0.1) is 6.58 Å². The largest absolute Gasteiger partial charge is 0.463 e. The Hall–Kier alpha value is -3.29. The number of hydrogen-bond donors (Lipinski definition) is 0. The van der Waals surface area contributed by atoms with Gasteiger partial charge in [0.25, 0.3) is 0 Å². The fourth-order valence-electron chi connectivity index (χ4n) is 4.57. The minimum Gasteiger partial charge on any atom is -0.463 e. The molecule has 1 aliphatic rings. The van der Waals surface area contributed by atoms with Crippen LogP contribution in [0, 0.1) is 0 Å². The lowest BCUT2D eigenvalue weighted by Gasteiger charge is -2.46. The molecule has 3 aromatic rings. The number of carbonyl (C=O) groups excluding carboxylic acids is 1. The van der Waals surface area contributed by atoms with E-state index in [2.05, 4.69) is 6.58 Å². The second kappa shape index (κ2) is 14.6. The molecule has 4 rings (SSSR count). The van der Waals surface area contributed by atoms with E-state index in [-0.39, 0.29) is 18.7 Å². The van der Waals surface area contributed by atoms with Crippen molar-refractivity contribution in [2.24, 2.45) is 0 Å². The molecule has 5 atom stereocenters. The fraction of sp³-hybridized carbons (Fsp3) is 0.344. The third-order valence-corrected chi connectivity index (χ3v) is 6.44. The summed E-state index contributed by atoms with van der Waals surface area (Å²) >= 11 is 0. The van der Waals surface area contributed by atoms with Gasteiger partial charge in [0.2, 0.25) is 0 Å². The molecule has 1 aliphatic heterocycles. The van der Waals surface area contributed by atoms with Crippen LogP contribution in [0.3, 0.4) is 0 Å². The maximum Gasteiger partial charge on any atom is 0.302 e. The Morgan fingerprint density at radius 2 is 1.13 bits per heavy atom. The molecule has 1 saturated heterocycles. The number of hydrogen-bond acceptors (Lipinski definition) is 6. The molecule has 3 aromatic carbocycles. The Morgan fingerprint density at radius 3 is 1.55 bits per heavy atom. The van der Waals surface area contributed by atoms with E-state index >= 15 is 0 Å². The summed E-state index contributed by atoms with van der Waals surface area (Å²) in [5.74, 6) is -0.375. The monoisotopic (exact) mass is 516 g/mol. The van der Waals surface area contributed by atoms with Crippen LogP contribution in [-0.2, 0) is 48.3 Å². The van der Waals surface area contributed by atoms with Crippen molar-refractivity contribution in [1.29, 1.82) is 0 Å². The zero-order valence-corrected chi connectivity index (χ0v) is 21.8. The minimum atomic E-state index is -0.542. The maximum atomic E-state index is 11.7. The third kappa shape index (κ3) is 8.10. The molecule has 0 spiro atoms. The van der Waals surface area contributed by atoms with Gasteiger partial charge in [0.05, 0.1) is 25.9 Å². The second-order valence-electron chi connectivity index (χ2n) is 9.32. The van der Waals surface area contributed by atoms with Gasteiger partial charge in [-0.1, -0.05) is 97.1 Å². The van der Waals surface area contributed by atoms with Gasteiger partial charge in [-0.3, -0.25) is 4.79 Å². The van der Waals surface area contributed by atoms with E-state index in [1.165, 1.54) is 6.92 Å². The van der Waals surface area contributed by atoms with Crippen molar-refractivity contribution in [3.05, 3.63) is 120 Å². The highest BCUT2D eigenvalue weighted by Crippen LogP contribution is 2.32. The highest BCUT2D eigenvalue weighted by atomic mass is 16.6. The average molecular weight is 517 g/mol. The summed E-state index contributed by atoms with van der Waals surface area (Å²) in [6.07, 6.45) is 0.00524. The molecule has 200 valence electrons. The summed E-state index contributed by atoms with van der Waals surface area (Å²) in [6, 6.07) is 29.9. The van der Waals surface area contributed by atoms with Gasteiger partial charge in [-0.2, -0.15) is 0 Å². The van der Waals surface area contributed by atoms with Crippen LogP contribution < -0.4 is 0 Å². The van der Waals surface area contributed by atoms with E-state index < -0.39 is 24.4 Å². The number of carbonyl (C=O) groups is 1. The lowest BCUT2D eigenvalue weighted by Crippen LogP contribution is -2.61. The maximum absolute atomic E-state index is 11.7. The summed E-state index contributed by atoms with van der Waals surface area (Å²) in [7, 11) is 0. The quantitative estimate of drug-likeness (QED) is 0.216. The second-order valence-corrected chi connectivity index (χ2v) is 9.32. The van der Waals surface area contributed by atoms with Crippen molar-refractivity contribution >= 4 is 5.97 Å². The van der Waals surface area contributed by atoms with Crippen molar-refractivity contribution in [3.63, 3.8) is 0 Å². The molecular weight excluding hydrogens is 480 g/mol. The van der Waals surface area contributed by atoms with E-state index in [4.69, 9.17) is 23.7 Å². The molecule has 0 amide bonds. The van der Waals surface area contributed by atoms with Gasteiger partial charge in [-0.25, -0.2) is 0 Å². The van der Waals surface area contributed by atoms with E-state index in [0.29, 0.717) is 26.2 Å². The average Bonchev–Trinajstić information content (AvgIpc) is 2.95. The van der Waals surface area contributed by atoms with Crippen LogP contribution in [0.5, 0.6) is 0 Å². The van der Waals surface area contributed by atoms with Gasteiger partial charge in [0.1, 0.15) is 31.0 Å². The highest BCUT2D eigenvalue weighted by Gasteiger charge is 2.48. The van der Waals surface area contributed by atoms with Crippen molar-refractivity contribution in [2.45, 2.75) is 63.7 Å². The Kier molecular flexibility index (Phi) is 10.7. The molecule has 0 aromatic heterocycles. The van der Waals surface area contributed by atoms with Crippen LogP contribution in [0.25, 0.3) is 0 Å². The fourth-order valence-corrected chi connectivity index (χ4v) is 4.57. The Labute approximate surface area is 225 Å². The zero-order valence-electron chi connectivity index (χ0n) is 21.8. The summed E-state index contributed by atoms with van der Waals surface area (Å²) < 4.78 is 31.4. The normalized spacial score (nSPS) is 23.0. The minimum absolute atomic E-state index is 0.0546.